The molecule has 8 nitrogen and oxygen atoms in total. The number of aromatic nitrogens is 2. The zero-order valence-corrected chi connectivity index (χ0v) is 17.9. The number of benzene rings is 1. The van der Waals surface area contributed by atoms with E-state index in [0.29, 0.717) is 21.8 Å². The molecule has 158 valence electrons. The van der Waals surface area contributed by atoms with Crippen LogP contribution in [0, 0.1) is 0 Å². The summed E-state index contributed by atoms with van der Waals surface area (Å²) in [5.41, 5.74) is -0.300. The lowest BCUT2D eigenvalue weighted by molar-refractivity contribution is -0.151. The first-order valence-corrected chi connectivity index (χ1v) is 10.2. The molecule has 2 heterocycles. The van der Waals surface area contributed by atoms with Gasteiger partial charge < -0.3 is 13.9 Å². The van der Waals surface area contributed by atoms with Crippen molar-refractivity contribution < 1.29 is 23.5 Å². The molecule has 3 rings (SSSR count). The first kappa shape index (κ1) is 21.6. The smallest absolute Gasteiger partial charge is 0.337 e. The Morgan fingerprint density at radius 3 is 2.63 bits per heavy atom. The average Bonchev–Trinajstić information content (AvgIpc) is 3.19. The molecule has 0 N–H and O–H groups in total. The minimum Gasteiger partial charge on any atom is -0.467 e. The molecule has 0 aliphatic carbocycles. The fourth-order valence-corrected chi connectivity index (χ4v) is 3.52. The molecular formula is C21H22N2O6S. The van der Waals surface area contributed by atoms with E-state index < -0.39 is 17.5 Å². The average molecular weight is 430 g/mol. The number of hydrogen-bond donors (Lipinski definition) is 0. The van der Waals surface area contributed by atoms with E-state index in [1.165, 1.54) is 36.1 Å². The van der Waals surface area contributed by atoms with Gasteiger partial charge in [0.1, 0.15) is 11.4 Å². The van der Waals surface area contributed by atoms with Crippen molar-refractivity contribution in [2.75, 3.05) is 12.9 Å². The minimum absolute atomic E-state index is 0.0237. The lowest BCUT2D eigenvalue weighted by atomic mass is 10.1. The molecular weight excluding hydrogens is 408 g/mol. The van der Waals surface area contributed by atoms with Crippen LogP contribution in [-0.4, -0.2) is 40.0 Å². The summed E-state index contributed by atoms with van der Waals surface area (Å²) in [6.07, 6.45) is 1.52. The van der Waals surface area contributed by atoms with Crippen LogP contribution in [0.2, 0.25) is 0 Å². The maximum atomic E-state index is 13.1. The van der Waals surface area contributed by atoms with Gasteiger partial charge in [-0.3, -0.25) is 14.2 Å². The number of carbonyl (C=O) groups excluding carboxylic acids is 2. The Morgan fingerprint density at radius 2 is 2.00 bits per heavy atom. The Morgan fingerprint density at radius 1 is 1.23 bits per heavy atom. The zero-order chi connectivity index (χ0) is 21.9. The number of esters is 2. The second kappa shape index (κ2) is 8.74. The Labute approximate surface area is 177 Å². The van der Waals surface area contributed by atoms with Crippen LogP contribution in [0.5, 0.6) is 0 Å². The number of nitrogens with zero attached hydrogens (tertiary/aromatic N) is 2. The third-order valence-corrected chi connectivity index (χ3v) is 4.92. The first-order chi connectivity index (χ1) is 14.2. The molecule has 1 aromatic carbocycles. The van der Waals surface area contributed by atoms with Gasteiger partial charge in [-0.15, -0.1) is 0 Å². The van der Waals surface area contributed by atoms with Gasteiger partial charge in [0.2, 0.25) is 0 Å². The SMILES string of the molecule is COC(=O)c1ccc2c(=O)n(Cc3ccco3)c(SCC(=O)OC(C)(C)C)nc2c1. The number of furan rings is 1. The zero-order valence-electron chi connectivity index (χ0n) is 17.1. The Kier molecular flexibility index (Phi) is 6.31. The third kappa shape index (κ3) is 5.10. The molecule has 0 aliphatic rings. The summed E-state index contributed by atoms with van der Waals surface area (Å²) in [4.78, 5) is 41.7. The van der Waals surface area contributed by atoms with Crippen LogP contribution in [0.15, 0.2) is 51.0 Å². The monoisotopic (exact) mass is 430 g/mol. The summed E-state index contributed by atoms with van der Waals surface area (Å²) in [5, 5.41) is 0.660. The molecule has 0 saturated carbocycles. The van der Waals surface area contributed by atoms with Gasteiger partial charge in [-0.25, -0.2) is 9.78 Å². The van der Waals surface area contributed by atoms with E-state index in [2.05, 4.69) is 4.98 Å². The van der Waals surface area contributed by atoms with Crippen molar-refractivity contribution in [3.63, 3.8) is 0 Å². The van der Waals surface area contributed by atoms with Crippen LogP contribution in [0.3, 0.4) is 0 Å². The van der Waals surface area contributed by atoms with Crippen molar-refractivity contribution >= 4 is 34.6 Å². The number of rotatable bonds is 6. The summed E-state index contributed by atoms with van der Waals surface area (Å²) in [5.74, 6) is -0.399. The summed E-state index contributed by atoms with van der Waals surface area (Å²) in [7, 11) is 1.28. The van der Waals surface area contributed by atoms with Gasteiger partial charge >= 0.3 is 11.9 Å². The Hall–Kier alpha value is -3.07. The number of hydrogen-bond acceptors (Lipinski definition) is 8. The van der Waals surface area contributed by atoms with E-state index in [-0.39, 0.29) is 23.4 Å². The number of ether oxygens (including phenoxy) is 2. The highest BCUT2D eigenvalue weighted by molar-refractivity contribution is 7.99. The molecule has 0 atom stereocenters. The number of carbonyl (C=O) groups is 2. The van der Waals surface area contributed by atoms with E-state index in [1.54, 1.807) is 32.9 Å². The molecule has 0 amide bonds. The molecule has 9 heteroatoms. The molecule has 0 fully saturated rings. The van der Waals surface area contributed by atoms with Crippen molar-refractivity contribution in [2.45, 2.75) is 38.1 Å². The molecule has 0 aliphatic heterocycles. The minimum atomic E-state index is -0.613. The van der Waals surface area contributed by atoms with Gasteiger partial charge in [-0.2, -0.15) is 0 Å². The fourth-order valence-electron chi connectivity index (χ4n) is 2.75. The molecule has 0 radical (unpaired) electrons. The highest BCUT2D eigenvalue weighted by Gasteiger charge is 2.19. The Balaban J connectivity index is 2.02. The second-order valence-corrected chi connectivity index (χ2v) is 8.41. The summed E-state index contributed by atoms with van der Waals surface area (Å²) in [6.45, 7) is 5.51. The van der Waals surface area contributed by atoms with E-state index >= 15 is 0 Å². The Bertz CT molecular complexity index is 1130. The first-order valence-electron chi connectivity index (χ1n) is 9.18. The van der Waals surface area contributed by atoms with Gasteiger partial charge in [-0.05, 0) is 51.1 Å². The predicted molar refractivity (Wildman–Crippen MR) is 112 cm³/mol. The van der Waals surface area contributed by atoms with Crippen LogP contribution in [0.25, 0.3) is 10.9 Å². The van der Waals surface area contributed by atoms with Crippen LogP contribution in [0.1, 0.15) is 36.9 Å². The summed E-state index contributed by atoms with van der Waals surface area (Å²) < 4.78 is 16.9. The van der Waals surface area contributed by atoms with Gasteiger partial charge in [0.05, 0.1) is 42.1 Å². The van der Waals surface area contributed by atoms with Crippen molar-refractivity contribution in [3.8, 4) is 0 Å². The van der Waals surface area contributed by atoms with Crippen molar-refractivity contribution in [3.05, 3.63) is 58.3 Å². The van der Waals surface area contributed by atoms with Crippen LogP contribution < -0.4 is 5.56 Å². The van der Waals surface area contributed by atoms with Crippen LogP contribution in [0.4, 0.5) is 0 Å². The maximum absolute atomic E-state index is 13.1. The van der Waals surface area contributed by atoms with Gasteiger partial charge in [0, 0.05) is 0 Å². The highest BCUT2D eigenvalue weighted by Crippen LogP contribution is 2.21. The van der Waals surface area contributed by atoms with Gasteiger partial charge in [0.25, 0.3) is 5.56 Å². The maximum Gasteiger partial charge on any atom is 0.337 e. The van der Waals surface area contributed by atoms with Crippen LogP contribution >= 0.6 is 11.8 Å². The molecule has 0 saturated heterocycles. The lowest BCUT2D eigenvalue weighted by Gasteiger charge is -2.19. The molecule has 30 heavy (non-hydrogen) atoms. The number of methoxy groups -OCH3 is 1. The summed E-state index contributed by atoms with van der Waals surface area (Å²) >= 11 is 1.09. The van der Waals surface area contributed by atoms with Crippen molar-refractivity contribution in [2.24, 2.45) is 0 Å². The fraction of sp³-hybridized carbons (Fsp3) is 0.333. The van der Waals surface area contributed by atoms with Crippen molar-refractivity contribution in [1.29, 1.82) is 0 Å². The van der Waals surface area contributed by atoms with Crippen molar-refractivity contribution in [1.82, 2.24) is 9.55 Å². The van der Waals surface area contributed by atoms with E-state index in [0.717, 1.165) is 11.8 Å². The largest absolute Gasteiger partial charge is 0.467 e. The molecule has 3 aromatic rings. The van der Waals surface area contributed by atoms with E-state index in [1.807, 2.05) is 0 Å². The molecule has 0 bridgehead atoms. The topological polar surface area (TPSA) is 101 Å². The molecule has 0 unspecified atom stereocenters. The normalized spacial score (nSPS) is 11.5. The second-order valence-electron chi connectivity index (χ2n) is 7.46. The predicted octanol–water partition coefficient (Wildman–Crippen LogP) is 3.26. The number of fused-ring (bicyclic) bond motifs is 1. The number of thioether (sulfide) groups is 1. The van der Waals surface area contributed by atoms with Gasteiger partial charge in [0.15, 0.2) is 5.16 Å². The highest BCUT2D eigenvalue weighted by atomic mass is 32.2. The quantitative estimate of drug-likeness (QED) is 0.334. The van der Waals surface area contributed by atoms with E-state index in [9.17, 15) is 14.4 Å². The van der Waals surface area contributed by atoms with Crippen LogP contribution in [-0.2, 0) is 20.8 Å². The molecule has 2 aromatic heterocycles. The van der Waals surface area contributed by atoms with Gasteiger partial charge in [-0.1, -0.05) is 11.8 Å². The molecule has 0 spiro atoms. The van der Waals surface area contributed by atoms with E-state index in [4.69, 9.17) is 13.9 Å². The lowest BCUT2D eigenvalue weighted by Crippen LogP contribution is -2.26. The third-order valence-electron chi connectivity index (χ3n) is 3.97. The standard InChI is InChI=1S/C21H22N2O6S/c1-21(2,3)29-17(24)12-30-20-22-16-10-13(19(26)27-4)7-8-15(16)18(25)23(20)11-14-6-5-9-28-14/h5-10H,11-12H2,1-4H3. The summed E-state index contributed by atoms with van der Waals surface area (Å²) in [6, 6.07) is 8.03.